The minimum Gasteiger partial charge on any atom is -0.437 e. The first kappa shape index (κ1) is 15.0. The van der Waals surface area contributed by atoms with E-state index in [1.165, 1.54) is 0 Å². The summed E-state index contributed by atoms with van der Waals surface area (Å²) in [7, 11) is 0. The first-order chi connectivity index (χ1) is 9.62. The predicted octanol–water partition coefficient (Wildman–Crippen LogP) is 3.92. The molecule has 0 bridgehead atoms. The van der Waals surface area contributed by atoms with Crippen LogP contribution in [0, 0.1) is 0 Å². The number of hydrazine groups is 1. The molecule has 1 aromatic heterocycles. The number of hydrogen-bond acceptors (Lipinski definition) is 5. The second-order valence-electron chi connectivity index (χ2n) is 4.08. The fourth-order valence-electron chi connectivity index (χ4n) is 1.61. The van der Waals surface area contributed by atoms with Gasteiger partial charge < -0.3 is 10.2 Å². The van der Waals surface area contributed by atoms with Crippen molar-refractivity contribution < 1.29 is 4.74 Å². The number of hydrogen-bond donors (Lipinski definition) is 2. The third kappa shape index (κ3) is 3.82. The van der Waals surface area contributed by atoms with E-state index < -0.39 is 0 Å². The lowest BCUT2D eigenvalue weighted by atomic mass is 10.3. The molecule has 0 amide bonds. The number of nitrogens with zero attached hydrogens (tertiary/aromatic N) is 2. The molecule has 0 saturated heterocycles. The van der Waals surface area contributed by atoms with Gasteiger partial charge in [0.15, 0.2) is 0 Å². The summed E-state index contributed by atoms with van der Waals surface area (Å²) < 4.78 is 6.58. The second kappa shape index (κ2) is 6.88. The topological polar surface area (TPSA) is 73.1 Å². The van der Waals surface area contributed by atoms with Gasteiger partial charge in [-0.1, -0.05) is 34.5 Å². The fraction of sp³-hybridized carbons (Fsp3) is 0.231. The zero-order valence-corrected chi connectivity index (χ0v) is 13.2. The summed E-state index contributed by atoms with van der Waals surface area (Å²) in [6.45, 7) is 2.05. The maximum atomic E-state index is 6.12. The molecule has 0 unspecified atom stereocenters. The van der Waals surface area contributed by atoms with E-state index in [0.717, 1.165) is 17.3 Å². The molecule has 0 aliphatic rings. The van der Waals surface area contributed by atoms with Gasteiger partial charge >= 0.3 is 0 Å². The number of anilines is 1. The molecule has 20 heavy (non-hydrogen) atoms. The van der Waals surface area contributed by atoms with Gasteiger partial charge in [0, 0.05) is 17.0 Å². The summed E-state index contributed by atoms with van der Waals surface area (Å²) in [6.07, 6.45) is 1.69. The molecule has 3 N–H and O–H groups in total. The number of aromatic nitrogens is 2. The monoisotopic (exact) mass is 356 g/mol. The number of benzene rings is 1. The standard InChI is InChI=1S/C13H14BrClN4O/c1-2-3-11-17-12(19-16)7-13(18-11)20-10-5-4-8(14)6-9(10)15/h4-7H,2-3,16H2,1H3,(H,17,18,19). The normalized spacial score (nSPS) is 10.4. The number of ether oxygens (including phenoxy) is 1. The highest BCUT2D eigenvalue weighted by molar-refractivity contribution is 9.10. The van der Waals surface area contributed by atoms with Crippen LogP contribution in [0.3, 0.4) is 0 Å². The smallest absolute Gasteiger partial charge is 0.224 e. The van der Waals surface area contributed by atoms with Crippen molar-refractivity contribution in [2.75, 3.05) is 5.43 Å². The van der Waals surface area contributed by atoms with Gasteiger partial charge in [0.05, 0.1) is 5.02 Å². The van der Waals surface area contributed by atoms with Gasteiger partial charge in [-0.05, 0) is 24.6 Å². The van der Waals surface area contributed by atoms with Crippen LogP contribution in [0.4, 0.5) is 5.82 Å². The van der Waals surface area contributed by atoms with Crippen molar-refractivity contribution in [3.05, 3.63) is 39.6 Å². The van der Waals surface area contributed by atoms with E-state index >= 15 is 0 Å². The van der Waals surface area contributed by atoms with Crippen molar-refractivity contribution in [1.82, 2.24) is 9.97 Å². The zero-order chi connectivity index (χ0) is 14.5. The average Bonchev–Trinajstić information content (AvgIpc) is 2.42. The van der Waals surface area contributed by atoms with Gasteiger partial charge in [0.1, 0.15) is 17.4 Å². The summed E-state index contributed by atoms with van der Waals surface area (Å²) in [4.78, 5) is 8.58. The lowest BCUT2D eigenvalue weighted by Crippen LogP contribution is -2.10. The van der Waals surface area contributed by atoms with Crippen LogP contribution in [0.1, 0.15) is 19.2 Å². The Labute approximate surface area is 130 Å². The Bertz CT molecular complexity index is 609. The molecule has 0 radical (unpaired) electrons. The number of nitrogen functional groups attached to an aromatic ring is 1. The first-order valence-electron chi connectivity index (χ1n) is 6.10. The summed E-state index contributed by atoms with van der Waals surface area (Å²) in [6, 6.07) is 6.99. The Hall–Kier alpha value is -1.37. The first-order valence-corrected chi connectivity index (χ1v) is 7.27. The third-order valence-electron chi connectivity index (χ3n) is 2.48. The van der Waals surface area contributed by atoms with Crippen LogP contribution in [0.25, 0.3) is 0 Å². The molecule has 0 atom stereocenters. The average molecular weight is 358 g/mol. The van der Waals surface area contributed by atoms with E-state index in [1.807, 2.05) is 6.07 Å². The number of halogens is 2. The van der Waals surface area contributed by atoms with E-state index in [-0.39, 0.29) is 0 Å². The number of nitrogens with two attached hydrogens (primary N) is 1. The molecule has 2 rings (SSSR count). The number of aryl methyl sites for hydroxylation is 1. The van der Waals surface area contributed by atoms with Crippen LogP contribution in [0.15, 0.2) is 28.7 Å². The van der Waals surface area contributed by atoms with E-state index in [9.17, 15) is 0 Å². The minimum absolute atomic E-state index is 0.403. The SMILES string of the molecule is CCCc1nc(NN)cc(Oc2ccc(Br)cc2Cl)n1. The second-order valence-corrected chi connectivity index (χ2v) is 5.40. The molecule has 1 aromatic carbocycles. The van der Waals surface area contributed by atoms with Gasteiger partial charge in [-0.2, -0.15) is 4.98 Å². The Morgan fingerprint density at radius 3 is 2.80 bits per heavy atom. The van der Waals surface area contributed by atoms with Gasteiger partial charge in [0.2, 0.25) is 5.88 Å². The molecule has 0 aliphatic heterocycles. The predicted molar refractivity (Wildman–Crippen MR) is 83.1 cm³/mol. The molecule has 0 spiro atoms. The minimum atomic E-state index is 0.403. The van der Waals surface area contributed by atoms with Gasteiger partial charge in [-0.15, -0.1) is 0 Å². The summed E-state index contributed by atoms with van der Waals surface area (Å²) >= 11 is 9.46. The lowest BCUT2D eigenvalue weighted by Gasteiger charge is -2.10. The number of nitrogens with one attached hydrogen (secondary N) is 1. The van der Waals surface area contributed by atoms with Crippen molar-refractivity contribution in [2.24, 2.45) is 5.84 Å². The van der Waals surface area contributed by atoms with E-state index in [2.05, 4.69) is 38.2 Å². The largest absolute Gasteiger partial charge is 0.437 e. The Morgan fingerprint density at radius 1 is 1.35 bits per heavy atom. The van der Waals surface area contributed by atoms with Crippen molar-refractivity contribution in [2.45, 2.75) is 19.8 Å². The maximum Gasteiger partial charge on any atom is 0.224 e. The number of rotatable bonds is 5. The van der Waals surface area contributed by atoms with Gasteiger partial charge in [-0.25, -0.2) is 10.8 Å². The third-order valence-corrected chi connectivity index (χ3v) is 3.27. The lowest BCUT2D eigenvalue weighted by molar-refractivity contribution is 0.459. The van der Waals surface area contributed by atoms with E-state index in [1.54, 1.807) is 18.2 Å². The summed E-state index contributed by atoms with van der Waals surface area (Å²) in [5, 5.41) is 0.497. The summed E-state index contributed by atoms with van der Waals surface area (Å²) in [5.74, 6) is 7.51. The molecular weight excluding hydrogens is 344 g/mol. The van der Waals surface area contributed by atoms with Gasteiger partial charge in [-0.3, -0.25) is 0 Å². The molecule has 1 heterocycles. The molecule has 106 valence electrons. The Kier molecular flexibility index (Phi) is 5.17. The highest BCUT2D eigenvalue weighted by atomic mass is 79.9. The molecule has 7 heteroatoms. The molecule has 0 aliphatic carbocycles. The van der Waals surface area contributed by atoms with Crippen LogP contribution < -0.4 is 16.0 Å². The molecule has 0 fully saturated rings. The molecular formula is C13H14BrClN4O. The molecule has 0 saturated carbocycles. The van der Waals surface area contributed by atoms with E-state index in [0.29, 0.717) is 28.3 Å². The molecule has 2 aromatic rings. The quantitative estimate of drug-likeness (QED) is 0.626. The molecule has 5 nitrogen and oxygen atoms in total. The highest BCUT2D eigenvalue weighted by Gasteiger charge is 2.08. The van der Waals surface area contributed by atoms with Crippen LogP contribution in [0.2, 0.25) is 5.02 Å². The van der Waals surface area contributed by atoms with Crippen molar-refractivity contribution in [3.8, 4) is 11.6 Å². The van der Waals surface area contributed by atoms with E-state index in [4.69, 9.17) is 22.2 Å². The van der Waals surface area contributed by atoms with Crippen molar-refractivity contribution in [1.29, 1.82) is 0 Å². The maximum absolute atomic E-state index is 6.12. The van der Waals surface area contributed by atoms with Crippen LogP contribution >= 0.6 is 27.5 Å². The zero-order valence-electron chi connectivity index (χ0n) is 10.9. The van der Waals surface area contributed by atoms with Gasteiger partial charge in [0.25, 0.3) is 0 Å². The van der Waals surface area contributed by atoms with Crippen molar-refractivity contribution in [3.63, 3.8) is 0 Å². The highest BCUT2D eigenvalue weighted by Crippen LogP contribution is 2.31. The Balaban J connectivity index is 2.29. The summed E-state index contributed by atoms with van der Waals surface area (Å²) in [5.41, 5.74) is 2.50. The Morgan fingerprint density at radius 2 is 2.15 bits per heavy atom. The van der Waals surface area contributed by atoms with Crippen LogP contribution in [-0.2, 0) is 6.42 Å². The van der Waals surface area contributed by atoms with Crippen LogP contribution in [-0.4, -0.2) is 9.97 Å². The van der Waals surface area contributed by atoms with Crippen molar-refractivity contribution >= 4 is 33.3 Å². The fourth-order valence-corrected chi connectivity index (χ4v) is 2.32. The van der Waals surface area contributed by atoms with Crippen LogP contribution in [0.5, 0.6) is 11.6 Å².